The molecule has 0 aliphatic carbocycles. The molecule has 6 nitrogen and oxygen atoms in total. The van der Waals surface area contributed by atoms with Crippen molar-refractivity contribution in [3.05, 3.63) is 29.4 Å². The van der Waals surface area contributed by atoms with E-state index in [1.54, 1.807) is 10.8 Å². The van der Waals surface area contributed by atoms with Gasteiger partial charge in [0.15, 0.2) is 0 Å². The van der Waals surface area contributed by atoms with Gasteiger partial charge in [-0.25, -0.2) is 13.4 Å². The Balaban J connectivity index is 2.20. The minimum atomic E-state index is -3.29. The Morgan fingerprint density at radius 3 is 2.67 bits per heavy atom. The van der Waals surface area contributed by atoms with Crippen molar-refractivity contribution in [2.75, 3.05) is 6.26 Å². The molecule has 2 aromatic heterocycles. The van der Waals surface area contributed by atoms with E-state index in [0.717, 1.165) is 23.3 Å². The Labute approximate surface area is 106 Å². The van der Waals surface area contributed by atoms with Gasteiger partial charge >= 0.3 is 0 Å². The van der Waals surface area contributed by atoms with Crippen molar-refractivity contribution >= 4 is 9.84 Å². The van der Waals surface area contributed by atoms with E-state index in [1.165, 1.54) is 6.20 Å². The summed E-state index contributed by atoms with van der Waals surface area (Å²) in [6.07, 6.45) is 4.97. The molecule has 2 heterocycles. The summed E-state index contributed by atoms with van der Waals surface area (Å²) >= 11 is 0. The third-order valence-corrected chi connectivity index (χ3v) is 3.80. The van der Waals surface area contributed by atoms with Gasteiger partial charge in [0.2, 0.25) is 15.0 Å². The molecule has 7 heteroatoms. The van der Waals surface area contributed by atoms with Crippen molar-refractivity contribution in [1.29, 1.82) is 0 Å². The van der Waals surface area contributed by atoms with Crippen LogP contribution in [0.4, 0.5) is 0 Å². The number of hydrogen-bond acceptors (Lipinski definition) is 5. The van der Waals surface area contributed by atoms with Crippen molar-refractivity contribution in [1.82, 2.24) is 14.7 Å². The molecule has 0 spiro atoms. The number of aromatic nitrogens is 3. The molecule has 0 atom stereocenters. The number of imidazole rings is 1. The van der Waals surface area contributed by atoms with Gasteiger partial charge in [0.25, 0.3) is 0 Å². The van der Waals surface area contributed by atoms with E-state index >= 15 is 0 Å². The second-order valence-electron chi connectivity index (χ2n) is 4.23. The maximum atomic E-state index is 11.5. The highest BCUT2D eigenvalue weighted by atomic mass is 32.2. The molecule has 2 rings (SSSR count). The minimum absolute atomic E-state index is 0.0919. The van der Waals surface area contributed by atoms with Gasteiger partial charge in [0.05, 0.1) is 5.69 Å². The van der Waals surface area contributed by atoms with Crippen LogP contribution in [0.5, 0.6) is 0 Å². The van der Waals surface area contributed by atoms with Gasteiger partial charge in [-0.15, -0.1) is 0 Å². The molecule has 0 amide bonds. The molecule has 0 N–H and O–H groups in total. The predicted octanol–water partition coefficient (Wildman–Crippen LogP) is 1.13. The summed E-state index contributed by atoms with van der Waals surface area (Å²) in [5.74, 6) is 0.772. The first kappa shape index (κ1) is 12.8. The molecule has 0 bridgehead atoms. The molecule has 2 aromatic rings. The average Bonchev–Trinajstić information content (AvgIpc) is 2.84. The molecule has 0 aliphatic rings. The Bertz CT molecular complexity index is 635. The van der Waals surface area contributed by atoms with Crippen LogP contribution in [-0.4, -0.2) is 29.4 Å². The molecule has 0 saturated heterocycles. The van der Waals surface area contributed by atoms with Crippen LogP contribution in [0.15, 0.2) is 22.1 Å². The van der Waals surface area contributed by atoms with Gasteiger partial charge in [-0.05, 0) is 20.3 Å². The van der Waals surface area contributed by atoms with Crippen molar-refractivity contribution < 1.29 is 12.9 Å². The summed E-state index contributed by atoms with van der Waals surface area (Å²) in [6, 6.07) is 0. The Kier molecular flexibility index (Phi) is 3.25. The van der Waals surface area contributed by atoms with Gasteiger partial charge in [-0.3, -0.25) is 0 Å². The monoisotopic (exact) mass is 269 g/mol. The third kappa shape index (κ3) is 2.45. The fourth-order valence-electron chi connectivity index (χ4n) is 1.89. The molecule has 0 saturated carbocycles. The van der Waals surface area contributed by atoms with Crippen LogP contribution in [0, 0.1) is 13.8 Å². The van der Waals surface area contributed by atoms with Gasteiger partial charge < -0.3 is 9.09 Å². The van der Waals surface area contributed by atoms with Gasteiger partial charge in [0, 0.05) is 30.8 Å². The summed E-state index contributed by atoms with van der Waals surface area (Å²) in [5.41, 5.74) is 1.86. The van der Waals surface area contributed by atoms with Crippen molar-refractivity contribution in [3.8, 4) is 0 Å². The summed E-state index contributed by atoms with van der Waals surface area (Å²) in [4.78, 5) is 3.87. The van der Waals surface area contributed by atoms with Crippen LogP contribution in [0.2, 0.25) is 0 Å². The molecule has 0 aliphatic heterocycles. The van der Waals surface area contributed by atoms with E-state index in [0.29, 0.717) is 13.0 Å². The summed E-state index contributed by atoms with van der Waals surface area (Å²) in [5, 5.41) is 3.96. The smallest absolute Gasteiger partial charge is 0.227 e. The van der Waals surface area contributed by atoms with E-state index in [1.807, 2.05) is 13.8 Å². The maximum Gasteiger partial charge on any atom is 0.227 e. The van der Waals surface area contributed by atoms with E-state index in [2.05, 4.69) is 10.1 Å². The van der Waals surface area contributed by atoms with Gasteiger partial charge in [0.1, 0.15) is 5.76 Å². The zero-order chi connectivity index (χ0) is 13.3. The second-order valence-corrected chi connectivity index (χ2v) is 6.14. The topological polar surface area (TPSA) is 78.0 Å². The number of hydrogen-bond donors (Lipinski definition) is 0. The largest absolute Gasteiger partial charge is 0.361 e. The summed E-state index contributed by atoms with van der Waals surface area (Å²) in [6.45, 7) is 4.25. The average molecular weight is 269 g/mol. The number of sulfone groups is 1. The fraction of sp³-hybridized carbons (Fsp3) is 0.455. The van der Waals surface area contributed by atoms with Crippen molar-refractivity contribution in [3.63, 3.8) is 0 Å². The molecule has 98 valence electrons. The highest BCUT2D eigenvalue weighted by Crippen LogP contribution is 2.15. The first-order valence-corrected chi connectivity index (χ1v) is 7.41. The van der Waals surface area contributed by atoms with E-state index in [-0.39, 0.29) is 5.16 Å². The molecule has 0 fully saturated rings. The molecule has 18 heavy (non-hydrogen) atoms. The first-order valence-electron chi connectivity index (χ1n) is 5.52. The fourth-order valence-corrected chi connectivity index (χ4v) is 2.72. The normalized spacial score (nSPS) is 11.9. The van der Waals surface area contributed by atoms with E-state index in [4.69, 9.17) is 4.52 Å². The summed E-state index contributed by atoms with van der Waals surface area (Å²) in [7, 11) is -3.29. The van der Waals surface area contributed by atoms with Crippen LogP contribution in [0.1, 0.15) is 17.0 Å². The Morgan fingerprint density at radius 2 is 2.11 bits per heavy atom. The predicted molar refractivity (Wildman–Crippen MR) is 65.0 cm³/mol. The zero-order valence-corrected chi connectivity index (χ0v) is 11.4. The lowest BCUT2D eigenvalue weighted by atomic mass is 10.1. The van der Waals surface area contributed by atoms with Gasteiger partial charge in [-0.2, -0.15) is 0 Å². The van der Waals surface area contributed by atoms with Crippen molar-refractivity contribution in [2.45, 2.75) is 32.0 Å². The Morgan fingerprint density at radius 1 is 1.39 bits per heavy atom. The van der Waals surface area contributed by atoms with Crippen LogP contribution in [0.3, 0.4) is 0 Å². The number of nitrogens with zero attached hydrogens (tertiary/aromatic N) is 3. The molecule has 0 radical (unpaired) electrons. The van der Waals surface area contributed by atoms with Crippen LogP contribution in [-0.2, 0) is 22.8 Å². The van der Waals surface area contributed by atoms with Crippen LogP contribution < -0.4 is 0 Å². The summed E-state index contributed by atoms with van der Waals surface area (Å²) < 4.78 is 29.7. The highest BCUT2D eigenvalue weighted by Gasteiger charge is 2.15. The minimum Gasteiger partial charge on any atom is -0.361 e. The van der Waals surface area contributed by atoms with Gasteiger partial charge in [-0.1, -0.05) is 5.16 Å². The zero-order valence-electron chi connectivity index (χ0n) is 10.5. The molecular weight excluding hydrogens is 254 g/mol. The highest BCUT2D eigenvalue weighted by molar-refractivity contribution is 7.90. The molecular formula is C11H15N3O3S. The molecule has 0 unspecified atom stereocenters. The number of rotatable bonds is 4. The second kappa shape index (κ2) is 4.56. The third-order valence-electron chi connectivity index (χ3n) is 2.79. The Hall–Kier alpha value is -1.63. The quantitative estimate of drug-likeness (QED) is 0.831. The SMILES string of the molecule is Cc1noc(C)c1CCn1ccnc1S(C)(=O)=O. The lowest BCUT2D eigenvalue weighted by Crippen LogP contribution is -2.10. The van der Waals surface area contributed by atoms with Crippen LogP contribution >= 0.6 is 0 Å². The molecule has 0 aromatic carbocycles. The van der Waals surface area contributed by atoms with Crippen molar-refractivity contribution in [2.24, 2.45) is 0 Å². The van der Waals surface area contributed by atoms with E-state index < -0.39 is 9.84 Å². The number of aryl methyl sites for hydroxylation is 3. The first-order chi connectivity index (χ1) is 8.39. The maximum absolute atomic E-state index is 11.5. The lowest BCUT2D eigenvalue weighted by Gasteiger charge is -2.05. The van der Waals surface area contributed by atoms with Crippen LogP contribution in [0.25, 0.3) is 0 Å². The standard InChI is InChI=1S/C11H15N3O3S/c1-8-10(9(2)17-13-8)4-6-14-7-5-12-11(14)18(3,15)16/h5,7H,4,6H2,1-3H3. The lowest BCUT2D eigenvalue weighted by molar-refractivity contribution is 0.392. The van der Waals surface area contributed by atoms with E-state index in [9.17, 15) is 8.42 Å².